The molecule has 7 heteroatoms. The van der Waals surface area contributed by atoms with Crippen molar-refractivity contribution in [3.05, 3.63) is 65.2 Å². The Morgan fingerprint density at radius 3 is 2.35 bits per heavy atom. The minimum atomic E-state index is -1.62. The molecule has 0 bridgehead atoms. The highest BCUT2D eigenvalue weighted by Crippen LogP contribution is 2.68. The summed E-state index contributed by atoms with van der Waals surface area (Å²) in [6.45, 7) is 9.29. The van der Waals surface area contributed by atoms with Gasteiger partial charge in [-0.15, -0.1) is 0 Å². The molecule has 0 amide bonds. The number of rotatable bonds is 3. The van der Waals surface area contributed by atoms with E-state index in [1.165, 1.54) is 0 Å². The molecular weight excluding hydrogens is 436 g/mol. The molecule has 1 spiro atoms. The highest BCUT2D eigenvalue weighted by molar-refractivity contribution is 5.55. The first-order valence-electron chi connectivity index (χ1n) is 11.9. The van der Waals surface area contributed by atoms with E-state index in [-0.39, 0.29) is 0 Å². The summed E-state index contributed by atoms with van der Waals surface area (Å²) in [5.41, 5.74) is -0.0706. The fraction of sp³-hybridized carbons (Fsp3) is 0.556. The van der Waals surface area contributed by atoms with Crippen molar-refractivity contribution in [1.29, 1.82) is 0 Å². The molecule has 2 aromatic carbocycles. The second-order valence-corrected chi connectivity index (χ2v) is 11.0. The first-order valence-corrected chi connectivity index (χ1v) is 11.9. The Morgan fingerprint density at radius 1 is 0.882 bits per heavy atom. The zero-order valence-corrected chi connectivity index (χ0v) is 20.1. The van der Waals surface area contributed by atoms with Crippen LogP contribution >= 0.6 is 0 Å². The summed E-state index contributed by atoms with van der Waals surface area (Å²) in [6.07, 6.45) is -3.22. The van der Waals surface area contributed by atoms with Gasteiger partial charge in [0.25, 0.3) is 0 Å². The third kappa shape index (κ3) is 2.98. The smallest absolute Gasteiger partial charge is 0.164 e. The van der Waals surface area contributed by atoms with Crippen molar-refractivity contribution in [2.75, 3.05) is 0 Å². The summed E-state index contributed by atoms with van der Waals surface area (Å²) in [5, 5.41) is 23.3. The van der Waals surface area contributed by atoms with Crippen LogP contribution in [0.15, 0.2) is 48.5 Å². The fourth-order valence-electron chi connectivity index (χ4n) is 6.51. The molecule has 7 nitrogen and oxygen atoms in total. The molecule has 2 aliphatic carbocycles. The predicted molar refractivity (Wildman–Crippen MR) is 122 cm³/mol. The van der Waals surface area contributed by atoms with Crippen LogP contribution in [0.3, 0.4) is 0 Å². The summed E-state index contributed by atoms with van der Waals surface area (Å²) in [6, 6.07) is 15.8. The van der Waals surface area contributed by atoms with Gasteiger partial charge in [-0.2, -0.15) is 0 Å². The van der Waals surface area contributed by atoms with Crippen molar-refractivity contribution in [3.63, 3.8) is 0 Å². The van der Waals surface area contributed by atoms with E-state index in [0.717, 1.165) is 16.7 Å². The minimum Gasteiger partial charge on any atom is -0.489 e. The number of hydrogen-bond acceptors (Lipinski definition) is 7. The van der Waals surface area contributed by atoms with E-state index in [0.29, 0.717) is 12.4 Å². The van der Waals surface area contributed by atoms with Crippen molar-refractivity contribution in [2.24, 2.45) is 0 Å². The van der Waals surface area contributed by atoms with Gasteiger partial charge in [-0.05, 0) is 51.8 Å². The number of benzene rings is 2. The normalized spacial score (nSPS) is 40.9. The Morgan fingerprint density at radius 2 is 1.62 bits per heavy atom. The van der Waals surface area contributed by atoms with Crippen LogP contribution in [0.25, 0.3) is 0 Å². The van der Waals surface area contributed by atoms with Crippen LogP contribution < -0.4 is 4.74 Å². The molecule has 6 rings (SSSR count). The molecule has 0 aromatic heterocycles. The van der Waals surface area contributed by atoms with Crippen molar-refractivity contribution < 1.29 is 33.9 Å². The topological polar surface area (TPSA) is 86.6 Å². The summed E-state index contributed by atoms with van der Waals surface area (Å²) in [7, 11) is 0. The van der Waals surface area contributed by atoms with Gasteiger partial charge in [0.1, 0.15) is 48.0 Å². The lowest BCUT2D eigenvalue weighted by molar-refractivity contribution is -0.270. The van der Waals surface area contributed by atoms with Gasteiger partial charge >= 0.3 is 0 Å². The quantitative estimate of drug-likeness (QED) is 0.712. The summed E-state index contributed by atoms with van der Waals surface area (Å²) < 4.78 is 31.9. The SMILES string of the molecule is CC1(C)O[C@@H]2[C@@H](O1)[C@@](C)(O)[C@@H](O)[C@@]13OC(C)(C)O[C@@H]1c1cccc(OCc4ccccc4)c1[C@@H]23. The van der Waals surface area contributed by atoms with Crippen LogP contribution in [-0.4, -0.2) is 51.3 Å². The van der Waals surface area contributed by atoms with E-state index < -0.39 is 53.1 Å². The Kier molecular flexibility index (Phi) is 4.64. The Hall–Kier alpha value is -2.00. The van der Waals surface area contributed by atoms with Crippen LogP contribution in [0, 0.1) is 0 Å². The number of aliphatic hydroxyl groups excluding tert-OH is 1. The van der Waals surface area contributed by atoms with Gasteiger partial charge in [-0.3, -0.25) is 0 Å². The lowest BCUT2D eigenvalue weighted by Gasteiger charge is -2.53. The Bertz CT molecular complexity index is 1110. The average molecular weight is 469 g/mol. The molecule has 2 N–H and O–H groups in total. The van der Waals surface area contributed by atoms with Crippen LogP contribution in [0.2, 0.25) is 0 Å². The molecule has 4 aliphatic rings. The van der Waals surface area contributed by atoms with E-state index >= 15 is 0 Å². The fourth-order valence-corrected chi connectivity index (χ4v) is 6.51. The number of aliphatic hydroxyl groups is 2. The molecule has 182 valence electrons. The summed E-state index contributed by atoms with van der Waals surface area (Å²) in [4.78, 5) is 0. The van der Waals surface area contributed by atoms with Crippen molar-refractivity contribution >= 4 is 0 Å². The number of ether oxygens (including phenoxy) is 5. The highest BCUT2D eigenvalue weighted by Gasteiger charge is 2.78. The third-order valence-electron chi connectivity index (χ3n) is 7.67. The van der Waals surface area contributed by atoms with Crippen LogP contribution in [0.4, 0.5) is 0 Å². The standard InChI is InChI=1S/C27H32O7/c1-24(2)31-20-19-18-16(12-9-13-17(18)30-14-15-10-7-6-8-11-15)21-27(19,34-25(3,4)32-21)23(28)26(5,29)22(20)33-24/h6-13,19-23,28-29H,14H2,1-5H3/t19-,20-,21+,22+,23+,26+,27-/m0/s1. The second kappa shape index (κ2) is 7.03. The van der Waals surface area contributed by atoms with Gasteiger partial charge in [0, 0.05) is 5.56 Å². The monoisotopic (exact) mass is 468 g/mol. The van der Waals surface area contributed by atoms with Gasteiger partial charge in [0.2, 0.25) is 0 Å². The molecule has 2 saturated heterocycles. The average Bonchev–Trinajstić information content (AvgIpc) is 3.34. The molecule has 3 fully saturated rings. The zero-order valence-electron chi connectivity index (χ0n) is 20.1. The lowest BCUT2D eigenvalue weighted by Crippen LogP contribution is -2.71. The Labute approximate surface area is 199 Å². The zero-order chi connectivity index (χ0) is 24.1. The second-order valence-electron chi connectivity index (χ2n) is 11.0. The summed E-state index contributed by atoms with van der Waals surface area (Å²) >= 11 is 0. The molecule has 2 aromatic rings. The third-order valence-corrected chi connectivity index (χ3v) is 7.67. The van der Waals surface area contributed by atoms with E-state index in [1.54, 1.807) is 6.92 Å². The molecule has 7 atom stereocenters. The predicted octanol–water partition coefficient (Wildman–Crippen LogP) is 3.57. The molecule has 1 saturated carbocycles. The maximum absolute atomic E-state index is 11.8. The molecule has 0 radical (unpaired) electrons. The van der Waals surface area contributed by atoms with E-state index in [9.17, 15) is 10.2 Å². The van der Waals surface area contributed by atoms with Gasteiger partial charge in [0.15, 0.2) is 11.6 Å². The van der Waals surface area contributed by atoms with E-state index in [2.05, 4.69) is 0 Å². The number of hydrogen-bond donors (Lipinski definition) is 2. The molecule has 34 heavy (non-hydrogen) atoms. The molecular formula is C27H32O7. The number of fused-ring (bicyclic) bond motifs is 5. The Balaban J connectivity index is 1.51. The van der Waals surface area contributed by atoms with Crippen LogP contribution in [0.1, 0.15) is 63.3 Å². The minimum absolute atomic E-state index is 0.395. The lowest BCUT2D eigenvalue weighted by atomic mass is 9.63. The van der Waals surface area contributed by atoms with Crippen molar-refractivity contribution in [2.45, 2.75) is 94.3 Å². The van der Waals surface area contributed by atoms with Gasteiger partial charge in [-0.25, -0.2) is 0 Å². The largest absolute Gasteiger partial charge is 0.489 e. The molecule has 2 aliphatic heterocycles. The first kappa shape index (κ1) is 22.5. The van der Waals surface area contributed by atoms with Crippen LogP contribution in [-0.2, 0) is 25.6 Å². The van der Waals surface area contributed by atoms with E-state index in [1.807, 2.05) is 76.2 Å². The molecule has 0 unspecified atom stereocenters. The van der Waals surface area contributed by atoms with Gasteiger partial charge < -0.3 is 33.9 Å². The maximum Gasteiger partial charge on any atom is 0.164 e. The molecule has 2 heterocycles. The van der Waals surface area contributed by atoms with Crippen LogP contribution in [0.5, 0.6) is 5.75 Å². The van der Waals surface area contributed by atoms with Gasteiger partial charge in [0.05, 0.1) is 5.92 Å². The first-order chi connectivity index (χ1) is 16.0. The van der Waals surface area contributed by atoms with Crippen molar-refractivity contribution in [1.82, 2.24) is 0 Å². The van der Waals surface area contributed by atoms with E-state index in [4.69, 9.17) is 23.7 Å². The van der Waals surface area contributed by atoms with Gasteiger partial charge in [-0.1, -0.05) is 42.5 Å². The highest BCUT2D eigenvalue weighted by atomic mass is 16.8. The maximum atomic E-state index is 11.8. The summed E-state index contributed by atoms with van der Waals surface area (Å²) in [5.74, 6) is -1.67. The van der Waals surface area contributed by atoms with Crippen molar-refractivity contribution in [3.8, 4) is 5.75 Å².